The third-order valence-electron chi connectivity index (χ3n) is 4.75. The number of nitrogens with one attached hydrogen (secondary N) is 2. The van der Waals surface area contributed by atoms with Crippen LogP contribution in [-0.2, 0) is 0 Å². The third kappa shape index (κ3) is 5.22. The van der Waals surface area contributed by atoms with Crippen molar-refractivity contribution in [3.8, 4) is 0 Å². The maximum Gasteiger partial charge on any atom is 0.256 e. The van der Waals surface area contributed by atoms with Crippen LogP contribution < -0.4 is 10.6 Å². The molecule has 4 nitrogen and oxygen atoms in total. The zero-order valence-corrected chi connectivity index (χ0v) is 18.4. The number of anilines is 2. The Hall–Kier alpha value is -1.81. The van der Waals surface area contributed by atoms with E-state index >= 15 is 0 Å². The smallest absolute Gasteiger partial charge is 0.256 e. The van der Waals surface area contributed by atoms with Crippen molar-refractivity contribution in [1.82, 2.24) is 10.2 Å². The largest absolute Gasteiger partial charge is 0.350 e. The van der Waals surface area contributed by atoms with Gasteiger partial charge in [-0.1, -0.05) is 13.8 Å². The van der Waals surface area contributed by atoms with Gasteiger partial charge in [0, 0.05) is 29.1 Å². The summed E-state index contributed by atoms with van der Waals surface area (Å²) in [4.78, 5) is 14.4. The van der Waals surface area contributed by atoms with E-state index in [2.05, 4.69) is 24.5 Å². The van der Waals surface area contributed by atoms with Crippen molar-refractivity contribution in [2.24, 2.45) is 11.8 Å². The molecule has 0 aromatic heterocycles. The van der Waals surface area contributed by atoms with Gasteiger partial charge in [0.15, 0.2) is 11.6 Å². The van der Waals surface area contributed by atoms with Crippen LogP contribution in [0.3, 0.4) is 0 Å². The van der Waals surface area contributed by atoms with Gasteiger partial charge in [-0.05, 0) is 65.4 Å². The average Bonchev–Trinajstić information content (AvgIpc) is 2.62. The van der Waals surface area contributed by atoms with Gasteiger partial charge >= 0.3 is 0 Å². The van der Waals surface area contributed by atoms with E-state index in [0.29, 0.717) is 28.5 Å². The van der Waals surface area contributed by atoms with Crippen LogP contribution in [0, 0.1) is 32.9 Å². The molecule has 1 saturated heterocycles. The van der Waals surface area contributed by atoms with Gasteiger partial charge in [-0.15, -0.1) is 0 Å². The van der Waals surface area contributed by atoms with Gasteiger partial charge in [0.25, 0.3) is 5.91 Å². The SMILES string of the molecule is CC(C)CNCC1CN(C(=O)c2ccc(F)c(F)c2Nc2ccc(I)cc2F)C1. The van der Waals surface area contributed by atoms with Crippen LogP contribution in [0.4, 0.5) is 24.5 Å². The lowest BCUT2D eigenvalue weighted by molar-refractivity contribution is 0.0500. The first-order valence-electron chi connectivity index (χ1n) is 9.46. The normalized spacial score (nSPS) is 14.2. The summed E-state index contributed by atoms with van der Waals surface area (Å²) >= 11 is 1.95. The molecule has 0 aliphatic carbocycles. The van der Waals surface area contributed by atoms with E-state index in [9.17, 15) is 18.0 Å². The second kappa shape index (κ2) is 9.34. The van der Waals surface area contributed by atoms with E-state index < -0.39 is 23.4 Å². The maximum absolute atomic E-state index is 14.5. The maximum atomic E-state index is 14.5. The van der Waals surface area contributed by atoms with Gasteiger partial charge in [0.1, 0.15) is 5.82 Å². The highest BCUT2D eigenvalue weighted by atomic mass is 127. The molecular formula is C21H23F3IN3O. The minimum atomic E-state index is -1.20. The van der Waals surface area contributed by atoms with Gasteiger partial charge in [0.2, 0.25) is 0 Å². The summed E-state index contributed by atoms with van der Waals surface area (Å²) in [6.45, 7) is 7.04. The zero-order valence-electron chi connectivity index (χ0n) is 16.2. The summed E-state index contributed by atoms with van der Waals surface area (Å²) in [5.41, 5.74) is -0.393. The van der Waals surface area contributed by atoms with Crippen LogP contribution in [0.1, 0.15) is 24.2 Å². The number of likely N-dealkylation sites (tertiary alicyclic amines) is 1. The van der Waals surface area contributed by atoms with Crippen molar-refractivity contribution in [2.75, 3.05) is 31.5 Å². The van der Waals surface area contributed by atoms with Crippen molar-refractivity contribution < 1.29 is 18.0 Å². The predicted octanol–water partition coefficient (Wildman–Crippen LogP) is 4.77. The van der Waals surface area contributed by atoms with Crippen LogP contribution in [0.25, 0.3) is 0 Å². The molecular weight excluding hydrogens is 494 g/mol. The lowest BCUT2D eigenvalue weighted by Crippen LogP contribution is -2.53. The molecule has 0 atom stereocenters. The second-order valence-electron chi connectivity index (χ2n) is 7.66. The molecule has 1 heterocycles. The molecule has 2 N–H and O–H groups in total. The van der Waals surface area contributed by atoms with E-state index in [1.165, 1.54) is 18.2 Å². The average molecular weight is 517 g/mol. The summed E-state index contributed by atoms with van der Waals surface area (Å²) in [7, 11) is 0. The number of carbonyl (C=O) groups is 1. The van der Waals surface area contributed by atoms with Gasteiger partial charge in [-0.2, -0.15) is 0 Å². The van der Waals surface area contributed by atoms with E-state index in [-0.39, 0.29) is 16.9 Å². The van der Waals surface area contributed by atoms with E-state index in [1.54, 1.807) is 11.0 Å². The molecule has 1 aliphatic heterocycles. The van der Waals surface area contributed by atoms with E-state index in [0.717, 1.165) is 19.2 Å². The predicted molar refractivity (Wildman–Crippen MR) is 116 cm³/mol. The number of carbonyl (C=O) groups excluding carboxylic acids is 1. The number of benzene rings is 2. The molecule has 0 saturated carbocycles. The minimum Gasteiger partial charge on any atom is -0.350 e. The molecule has 1 fully saturated rings. The van der Waals surface area contributed by atoms with Crippen molar-refractivity contribution in [3.05, 3.63) is 56.9 Å². The standard InChI is InChI=1S/C21H23F3IN3O/c1-12(2)8-26-9-13-10-28(11-13)21(29)15-4-5-16(22)19(24)20(15)27-18-6-3-14(25)7-17(18)23/h3-7,12-13,26-27H,8-11H2,1-2H3. The molecule has 29 heavy (non-hydrogen) atoms. The van der Waals surface area contributed by atoms with Gasteiger partial charge in [-0.25, -0.2) is 13.2 Å². The Morgan fingerprint density at radius 3 is 2.55 bits per heavy atom. The summed E-state index contributed by atoms with van der Waals surface area (Å²) in [6, 6.07) is 6.48. The van der Waals surface area contributed by atoms with Gasteiger partial charge in [0.05, 0.1) is 16.9 Å². The Kier molecular flexibility index (Phi) is 7.05. The Morgan fingerprint density at radius 2 is 1.90 bits per heavy atom. The lowest BCUT2D eigenvalue weighted by Gasteiger charge is -2.40. The molecule has 1 aliphatic rings. The summed E-state index contributed by atoms with van der Waals surface area (Å²) in [5, 5.41) is 5.92. The monoisotopic (exact) mass is 517 g/mol. The minimum absolute atomic E-state index is 0.0181. The molecule has 3 rings (SSSR count). The molecule has 156 valence electrons. The lowest BCUT2D eigenvalue weighted by atomic mass is 9.98. The molecule has 2 aromatic carbocycles. The highest BCUT2D eigenvalue weighted by molar-refractivity contribution is 14.1. The number of rotatable bonds is 7. The fourth-order valence-corrected chi connectivity index (χ4v) is 3.64. The van der Waals surface area contributed by atoms with Crippen LogP contribution in [0.5, 0.6) is 0 Å². The fraction of sp³-hybridized carbons (Fsp3) is 0.381. The topological polar surface area (TPSA) is 44.4 Å². The molecule has 8 heteroatoms. The quantitative estimate of drug-likeness (QED) is 0.521. The molecule has 0 bridgehead atoms. The van der Waals surface area contributed by atoms with Crippen molar-refractivity contribution in [1.29, 1.82) is 0 Å². The third-order valence-corrected chi connectivity index (χ3v) is 5.42. The van der Waals surface area contributed by atoms with Crippen molar-refractivity contribution in [3.63, 3.8) is 0 Å². The number of halogens is 4. The fourth-order valence-electron chi connectivity index (χ4n) is 3.19. The van der Waals surface area contributed by atoms with Crippen LogP contribution in [0.2, 0.25) is 0 Å². The Labute approximate surface area is 182 Å². The summed E-state index contributed by atoms with van der Waals surface area (Å²) in [6.07, 6.45) is 0. The van der Waals surface area contributed by atoms with Crippen LogP contribution in [0.15, 0.2) is 30.3 Å². The summed E-state index contributed by atoms with van der Waals surface area (Å²) < 4.78 is 43.1. The first kappa shape index (κ1) is 21.9. The zero-order chi connectivity index (χ0) is 21.1. The number of hydrogen-bond donors (Lipinski definition) is 2. The molecule has 0 spiro atoms. The Morgan fingerprint density at radius 1 is 1.17 bits per heavy atom. The molecule has 0 radical (unpaired) electrons. The van der Waals surface area contributed by atoms with Gasteiger partial charge in [-0.3, -0.25) is 4.79 Å². The van der Waals surface area contributed by atoms with Crippen LogP contribution >= 0.6 is 22.6 Å². The molecule has 1 amide bonds. The van der Waals surface area contributed by atoms with Gasteiger partial charge < -0.3 is 15.5 Å². The number of hydrogen-bond acceptors (Lipinski definition) is 3. The first-order chi connectivity index (χ1) is 13.8. The number of amides is 1. The Balaban J connectivity index is 1.74. The van der Waals surface area contributed by atoms with E-state index in [4.69, 9.17) is 0 Å². The van der Waals surface area contributed by atoms with Crippen LogP contribution in [-0.4, -0.2) is 37.0 Å². The second-order valence-corrected chi connectivity index (χ2v) is 8.91. The highest BCUT2D eigenvalue weighted by Gasteiger charge is 2.33. The summed E-state index contributed by atoms with van der Waals surface area (Å²) in [5.74, 6) is -2.45. The van der Waals surface area contributed by atoms with Crippen molar-refractivity contribution in [2.45, 2.75) is 13.8 Å². The highest BCUT2D eigenvalue weighted by Crippen LogP contribution is 2.30. The molecule has 2 aromatic rings. The van der Waals surface area contributed by atoms with E-state index in [1.807, 2.05) is 22.6 Å². The Bertz CT molecular complexity index is 901. The first-order valence-corrected chi connectivity index (χ1v) is 10.5. The number of nitrogens with zero attached hydrogens (tertiary/aromatic N) is 1. The molecule has 0 unspecified atom stereocenters. The van der Waals surface area contributed by atoms with Crippen molar-refractivity contribution >= 4 is 39.9 Å².